The van der Waals surface area contributed by atoms with Crippen molar-refractivity contribution in [2.75, 3.05) is 26.2 Å². The number of benzene rings is 1. The molecule has 0 spiro atoms. The molecule has 2 nitrogen and oxygen atoms in total. The first-order valence-corrected chi connectivity index (χ1v) is 6.48. The van der Waals surface area contributed by atoms with Crippen molar-refractivity contribution in [3.8, 4) is 0 Å². The summed E-state index contributed by atoms with van der Waals surface area (Å²) in [5.41, 5.74) is 1.46. The molecule has 1 aliphatic rings. The average molecular weight is 228 g/mol. The molecule has 0 atom stereocenters. The molecular weight excluding hydrogens is 208 g/mol. The maximum atomic E-state index is 6.81. The fourth-order valence-corrected chi connectivity index (χ4v) is 2.55. The highest BCUT2D eigenvalue weighted by molar-refractivity contribution is 5.15. The van der Waals surface area contributed by atoms with E-state index in [9.17, 15) is 0 Å². The summed E-state index contributed by atoms with van der Waals surface area (Å²) in [6.07, 6.45) is 3.79. The van der Waals surface area contributed by atoms with Crippen molar-refractivity contribution in [3.05, 3.63) is 47.3 Å². The van der Waals surface area contributed by atoms with E-state index in [0.717, 1.165) is 12.5 Å². The van der Waals surface area contributed by atoms with Crippen LogP contribution in [0.4, 0.5) is 0 Å². The lowest BCUT2D eigenvalue weighted by atomic mass is 9.90. The highest BCUT2D eigenvalue weighted by Crippen LogP contribution is 2.21. The van der Waals surface area contributed by atoms with E-state index >= 15 is 0 Å². The largest absolute Gasteiger partial charge is 0.316 e. The molecule has 2 heteroatoms. The third kappa shape index (κ3) is 3.87. The number of hydrogen-bond acceptors (Lipinski definition) is 1. The van der Waals surface area contributed by atoms with Crippen molar-refractivity contribution in [3.63, 3.8) is 0 Å². The molecular formula is C15H20N2. The molecule has 1 aliphatic heterocycles. The van der Waals surface area contributed by atoms with Gasteiger partial charge in [0.05, 0.1) is 6.54 Å². The topological polar surface area (TPSA) is 7.60 Å². The highest BCUT2D eigenvalue weighted by atomic mass is 15.1. The molecule has 0 amide bonds. The van der Waals surface area contributed by atoms with Gasteiger partial charge >= 0.3 is 0 Å². The van der Waals surface area contributed by atoms with Gasteiger partial charge in [-0.3, -0.25) is 4.90 Å². The molecule has 0 bridgehead atoms. The molecule has 0 unspecified atom stereocenters. The summed E-state index contributed by atoms with van der Waals surface area (Å²) in [5, 5.41) is 0. The lowest BCUT2D eigenvalue weighted by Gasteiger charge is -2.30. The molecule has 1 fully saturated rings. The Labute approximate surface area is 104 Å². The van der Waals surface area contributed by atoms with Gasteiger partial charge in [0.1, 0.15) is 0 Å². The van der Waals surface area contributed by atoms with Gasteiger partial charge in [0, 0.05) is 0 Å². The van der Waals surface area contributed by atoms with Crippen LogP contribution in [0.2, 0.25) is 0 Å². The van der Waals surface area contributed by atoms with Crippen molar-refractivity contribution in [1.82, 2.24) is 4.90 Å². The normalized spacial score (nSPS) is 17.8. The molecule has 2 rings (SSSR count). The minimum atomic E-state index is 0.656. The predicted octanol–water partition coefficient (Wildman–Crippen LogP) is 2.86. The van der Waals surface area contributed by atoms with Crippen LogP contribution in [-0.4, -0.2) is 31.1 Å². The van der Waals surface area contributed by atoms with Gasteiger partial charge in [-0.1, -0.05) is 30.3 Å². The maximum Gasteiger partial charge on any atom is 0.227 e. The second-order valence-electron chi connectivity index (χ2n) is 4.86. The van der Waals surface area contributed by atoms with Crippen LogP contribution in [-0.2, 0) is 6.42 Å². The third-order valence-electron chi connectivity index (χ3n) is 3.60. The van der Waals surface area contributed by atoms with Gasteiger partial charge in [0.25, 0.3) is 0 Å². The minimum Gasteiger partial charge on any atom is -0.316 e. The molecule has 0 aliphatic carbocycles. The Kier molecular flexibility index (Phi) is 4.58. The van der Waals surface area contributed by atoms with Crippen molar-refractivity contribution in [2.45, 2.75) is 19.3 Å². The summed E-state index contributed by atoms with van der Waals surface area (Å²) >= 11 is 0. The second-order valence-corrected chi connectivity index (χ2v) is 4.86. The fourth-order valence-electron chi connectivity index (χ4n) is 2.55. The number of likely N-dealkylation sites (tertiary alicyclic amines) is 1. The standard InChI is InChI=1S/C15H20N2/c1-16-9-12-17-10-7-15(8-11-17)13-14-5-3-2-4-6-14/h2-6,15H,7-13H2. The van der Waals surface area contributed by atoms with Gasteiger partial charge in [-0.15, -0.1) is 0 Å². The molecule has 1 aromatic rings. The summed E-state index contributed by atoms with van der Waals surface area (Å²) in [6.45, 7) is 10.8. The molecule has 0 aromatic heterocycles. The van der Waals surface area contributed by atoms with E-state index in [2.05, 4.69) is 40.1 Å². The maximum absolute atomic E-state index is 6.81. The zero-order valence-corrected chi connectivity index (χ0v) is 10.3. The summed E-state index contributed by atoms with van der Waals surface area (Å²) in [4.78, 5) is 5.85. The Balaban J connectivity index is 1.74. The third-order valence-corrected chi connectivity index (χ3v) is 3.60. The molecule has 90 valence electrons. The van der Waals surface area contributed by atoms with Gasteiger partial charge < -0.3 is 4.85 Å². The van der Waals surface area contributed by atoms with Crippen LogP contribution in [0.25, 0.3) is 4.85 Å². The Hall–Kier alpha value is -1.33. The number of piperidine rings is 1. The molecule has 1 heterocycles. The quantitative estimate of drug-likeness (QED) is 0.719. The Bertz CT molecular complexity index is 358. The van der Waals surface area contributed by atoms with Crippen molar-refractivity contribution >= 4 is 0 Å². The SMILES string of the molecule is [C-]#[N+]CCN1CCC(Cc2ccccc2)CC1. The van der Waals surface area contributed by atoms with Crippen molar-refractivity contribution in [2.24, 2.45) is 5.92 Å². The van der Waals surface area contributed by atoms with Crippen LogP contribution >= 0.6 is 0 Å². The Morgan fingerprint density at radius 1 is 1.18 bits per heavy atom. The molecule has 1 saturated heterocycles. The molecule has 17 heavy (non-hydrogen) atoms. The minimum absolute atomic E-state index is 0.656. The van der Waals surface area contributed by atoms with E-state index in [1.54, 1.807) is 0 Å². The average Bonchev–Trinajstić information content (AvgIpc) is 2.39. The van der Waals surface area contributed by atoms with E-state index in [1.807, 2.05) is 0 Å². The summed E-state index contributed by atoms with van der Waals surface area (Å²) < 4.78 is 0. The first kappa shape index (κ1) is 12.1. The van der Waals surface area contributed by atoms with Gasteiger partial charge in [-0.2, -0.15) is 0 Å². The van der Waals surface area contributed by atoms with Gasteiger partial charge in [0.2, 0.25) is 6.54 Å². The van der Waals surface area contributed by atoms with Crippen LogP contribution < -0.4 is 0 Å². The van der Waals surface area contributed by atoms with E-state index in [4.69, 9.17) is 6.57 Å². The summed E-state index contributed by atoms with van der Waals surface area (Å²) in [7, 11) is 0. The monoisotopic (exact) mass is 228 g/mol. The van der Waals surface area contributed by atoms with Crippen LogP contribution in [0.1, 0.15) is 18.4 Å². The first-order valence-electron chi connectivity index (χ1n) is 6.48. The first-order chi connectivity index (χ1) is 8.38. The Morgan fingerprint density at radius 2 is 1.88 bits per heavy atom. The zero-order valence-electron chi connectivity index (χ0n) is 10.3. The smallest absolute Gasteiger partial charge is 0.227 e. The van der Waals surface area contributed by atoms with Gasteiger partial charge in [-0.25, -0.2) is 6.57 Å². The van der Waals surface area contributed by atoms with Crippen LogP contribution in [0.5, 0.6) is 0 Å². The van der Waals surface area contributed by atoms with Gasteiger partial charge in [-0.05, 0) is 43.8 Å². The molecule has 0 saturated carbocycles. The lowest BCUT2D eigenvalue weighted by molar-refractivity contribution is 0.191. The second kappa shape index (κ2) is 6.42. The van der Waals surface area contributed by atoms with E-state index in [0.29, 0.717) is 6.54 Å². The number of nitrogens with zero attached hydrogens (tertiary/aromatic N) is 2. The van der Waals surface area contributed by atoms with Crippen LogP contribution in [0.15, 0.2) is 30.3 Å². The predicted molar refractivity (Wildman–Crippen MR) is 70.8 cm³/mol. The number of hydrogen-bond donors (Lipinski definition) is 0. The zero-order chi connectivity index (χ0) is 11.9. The van der Waals surface area contributed by atoms with E-state index in [-0.39, 0.29) is 0 Å². The number of rotatable bonds is 4. The van der Waals surface area contributed by atoms with Crippen molar-refractivity contribution < 1.29 is 0 Å². The van der Waals surface area contributed by atoms with E-state index in [1.165, 1.54) is 37.9 Å². The summed E-state index contributed by atoms with van der Waals surface area (Å²) in [5.74, 6) is 0.835. The molecule has 0 radical (unpaired) electrons. The molecule has 0 N–H and O–H groups in total. The summed E-state index contributed by atoms with van der Waals surface area (Å²) in [6, 6.07) is 10.8. The van der Waals surface area contributed by atoms with Gasteiger partial charge in [0.15, 0.2) is 0 Å². The Morgan fingerprint density at radius 3 is 2.53 bits per heavy atom. The van der Waals surface area contributed by atoms with Crippen LogP contribution in [0, 0.1) is 12.5 Å². The highest BCUT2D eigenvalue weighted by Gasteiger charge is 2.19. The van der Waals surface area contributed by atoms with Crippen molar-refractivity contribution in [1.29, 1.82) is 0 Å². The lowest BCUT2D eigenvalue weighted by Crippen LogP contribution is -2.35. The van der Waals surface area contributed by atoms with Crippen LogP contribution in [0.3, 0.4) is 0 Å². The van der Waals surface area contributed by atoms with E-state index < -0.39 is 0 Å². The molecule has 1 aromatic carbocycles. The fraction of sp³-hybridized carbons (Fsp3) is 0.533.